The number of urea groups is 1. The molecule has 25 heavy (non-hydrogen) atoms. The first-order valence-corrected chi connectivity index (χ1v) is 9.27. The maximum Gasteiger partial charge on any atom is 0.326 e. The van der Waals surface area contributed by atoms with E-state index in [4.69, 9.17) is 6.42 Å². The van der Waals surface area contributed by atoms with E-state index < -0.39 is 5.54 Å². The van der Waals surface area contributed by atoms with Gasteiger partial charge in [-0.25, -0.2) is 9.69 Å². The van der Waals surface area contributed by atoms with Crippen LogP contribution in [0.1, 0.15) is 40.0 Å². The summed E-state index contributed by atoms with van der Waals surface area (Å²) in [6, 6.07) is -0.235. The van der Waals surface area contributed by atoms with Crippen molar-refractivity contribution in [1.29, 1.82) is 0 Å². The van der Waals surface area contributed by atoms with E-state index in [0.29, 0.717) is 19.1 Å². The lowest BCUT2D eigenvalue weighted by Crippen LogP contribution is -2.55. The van der Waals surface area contributed by atoms with Gasteiger partial charge in [0.25, 0.3) is 5.91 Å². The Bertz CT molecular complexity index is 589. The van der Waals surface area contributed by atoms with Crippen LogP contribution in [0.2, 0.25) is 0 Å². The third-order valence-corrected chi connectivity index (χ3v) is 5.75. The van der Waals surface area contributed by atoms with Gasteiger partial charge in [-0.2, -0.15) is 0 Å². The van der Waals surface area contributed by atoms with Crippen LogP contribution in [0, 0.1) is 23.7 Å². The van der Waals surface area contributed by atoms with Crippen LogP contribution in [0.5, 0.6) is 0 Å². The summed E-state index contributed by atoms with van der Waals surface area (Å²) in [5.74, 6) is 3.06. The number of imide groups is 1. The summed E-state index contributed by atoms with van der Waals surface area (Å²) < 4.78 is 0. The van der Waals surface area contributed by atoms with Crippen LogP contribution >= 0.6 is 0 Å². The number of amides is 3. The molecule has 0 aromatic heterocycles. The lowest BCUT2D eigenvalue weighted by atomic mass is 9.64. The lowest BCUT2D eigenvalue weighted by Gasteiger charge is -2.44. The van der Waals surface area contributed by atoms with E-state index in [1.54, 1.807) is 0 Å². The van der Waals surface area contributed by atoms with Gasteiger partial charge in [0.15, 0.2) is 0 Å². The molecule has 138 valence electrons. The van der Waals surface area contributed by atoms with Crippen LogP contribution in [-0.2, 0) is 4.79 Å². The van der Waals surface area contributed by atoms with Crippen molar-refractivity contribution in [3.05, 3.63) is 0 Å². The monoisotopic (exact) mass is 346 g/mol. The van der Waals surface area contributed by atoms with Gasteiger partial charge in [-0.1, -0.05) is 26.7 Å². The second-order valence-corrected chi connectivity index (χ2v) is 8.84. The molecule has 3 rings (SSSR count). The molecule has 2 heterocycles. The second-order valence-electron chi connectivity index (χ2n) is 8.84. The zero-order chi connectivity index (χ0) is 18.2. The van der Waals surface area contributed by atoms with E-state index in [1.165, 1.54) is 4.90 Å². The highest BCUT2D eigenvalue weighted by molar-refractivity contribution is 6.07. The standard InChI is InChI=1S/C19H30N4O2/c1-5-6-21-7-9-22(10-8-21)14-23-16(24)19(20-17(23)25)12-15(2)11-18(3,4)13-19/h1,15H,6-14H2,2-4H3,(H,20,25). The molecular weight excluding hydrogens is 316 g/mol. The minimum Gasteiger partial charge on any atom is -0.323 e. The SMILES string of the molecule is C#CCN1CCN(CN2C(=O)NC3(CC(C)CC(C)(C)C3)C2=O)CC1. The largest absolute Gasteiger partial charge is 0.326 e. The molecule has 1 saturated carbocycles. The summed E-state index contributed by atoms with van der Waals surface area (Å²) in [5.41, 5.74) is -0.638. The number of nitrogens with zero attached hydrogens (tertiary/aromatic N) is 3. The maximum absolute atomic E-state index is 13.1. The predicted octanol–water partition coefficient (Wildman–Crippen LogP) is 1.33. The van der Waals surface area contributed by atoms with Crippen molar-refractivity contribution in [2.45, 2.75) is 45.6 Å². The van der Waals surface area contributed by atoms with Gasteiger partial charge < -0.3 is 5.32 Å². The first-order chi connectivity index (χ1) is 11.7. The van der Waals surface area contributed by atoms with Crippen LogP contribution in [-0.4, -0.2) is 71.6 Å². The van der Waals surface area contributed by atoms with Crippen molar-refractivity contribution in [2.24, 2.45) is 11.3 Å². The van der Waals surface area contributed by atoms with Crippen molar-refractivity contribution in [1.82, 2.24) is 20.0 Å². The number of carbonyl (C=O) groups is 2. The second kappa shape index (κ2) is 6.62. The van der Waals surface area contributed by atoms with Crippen LogP contribution in [0.15, 0.2) is 0 Å². The summed E-state index contributed by atoms with van der Waals surface area (Å²) in [7, 11) is 0. The first-order valence-electron chi connectivity index (χ1n) is 9.27. The quantitative estimate of drug-likeness (QED) is 0.619. The van der Waals surface area contributed by atoms with Gasteiger partial charge >= 0.3 is 6.03 Å². The summed E-state index contributed by atoms with van der Waals surface area (Å²) in [5, 5.41) is 3.05. The summed E-state index contributed by atoms with van der Waals surface area (Å²) in [6.07, 6.45) is 7.92. The van der Waals surface area contributed by atoms with Crippen LogP contribution in [0.3, 0.4) is 0 Å². The third kappa shape index (κ3) is 3.68. The molecule has 0 aromatic carbocycles. The average molecular weight is 346 g/mol. The van der Waals surface area contributed by atoms with Crippen LogP contribution in [0.4, 0.5) is 4.79 Å². The van der Waals surface area contributed by atoms with Crippen molar-refractivity contribution >= 4 is 11.9 Å². The maximum atomic E-state index is 13.1. The van der Waals surface area contributed by atoms with Gasteiger partial charge in [-0.3, -0.25) is 14.6 Å². The number of carbonyl (C=O) groups excluding carboxylic acids is 2. The van der Waals surface area contributed by atoms with E-state index in [1.807, 2.05) is 0 Å². The molecule has 2 aliphatic heterocycles. The van der Waals surface area contributed by atoms with Crippen molar-refractivity contribution < 1.29 is 9.59 Å². The fourth-order valence-electron chi connectivity index (χ4n) is 5.05. The topological polar surface area (TPSA) is 55.9 Å². The molecule has 1 aliphatic carbocycles. The van der Waals surface area contributed by atoms with Crippen LogP contribution in [0.25, 0.3) is 0 Å². The third-order valence-electron chi connectivity index (χ3n) is 5.75. The van der Waals surface area contributed by atoms with Gasteiger partial charge in [0.1, 0.15) is 5.54 Å². The Balaban J connectivity index is 1.65. The number of hydrogen-bond acceptors (Lipinski definition) is 4. The lowest BCUT2D eigenvalue weighted by molar-refractivity contribution is -0.136. The zero-order valence-corrected chi connectivity index (χ0v) is 15.7. The Morgan fingerprint density at radius 3 is 2.40 bits per heavy atom. The van der Waals surface area contributed by atoms with Gasteiger partial charge in [-0.05, 0) is 30.6 Å². The van der Waals surface area contributed by atoms with E-state index in [9.17, 15) is 9.59 Å². The van der Waals surface area contributed by atoms with E-state index in [2.05, 4.69) is 41.8 Å². The molecule has 6 nitrogen and oxygen atoms in total. The summed E-state index contributed by atoms with van der Waals surface area (Å²) >= 11 is 0. The molecule has 2 unspecified atom stereocenters. The molecule has 3 amide bonds. The number of nitrogens with one attached hydrogen (secondary N) is 1. The molecule has 2 saturated heterocycles. The summed E-state index contributed by atoms with van der Waals surface area (Å²) in [4.78, 5) is 31.5. The highest BCUT2D eigenvalue weighted by Crippen LogP contribution is 2.46. The molecule has 0 aromatic rings. The summed E-state index contributed by atoms with van der Waals surface area (Å²) in [6.45, 7) is 11.0. The van der Waals surface area contributed by atoms with Gasteiger partial charge in [0.2, 0.25) is 0 Å². The molecule has 2 atom stereocenters. The molecule has 6 heteroatoms. The molecule has 3 aliphatic rings. The Morgan fingerprint density at radius 2 is 1.80 bits per heavy atom. The minimum atomic E-state index is -0.705. The Morgan fingerprint density at radius 1 is 1.16 bits per heavy atom. The number of hydrogen-bond donors (Lipinski definition) is 1. The fourth-order valence-corrected chi connectivity index (χ4v) is 5.05. The number of piperazine rings is 1. The smallest absolute Gasteiger partial charge is 0.323 e. The van der Waals surface area contributed by atoms with E-state index in [-0.39, 0.29) is 17.4 Å². The Labute approximate surface area is 150 Å². The van der Waals surface area contributed by atoms with E-state index >= 15 is 0 Å². The molecule has 1 N–H and O–H groups in total. The fraction of sp³-hybridized carbons (Fsp3) is 0.789. The van der Waals surface area contributed by atoms with E-state index in [0.717, 1.165) is 45.4 Å². The van der Waals surface area contributed by atoms with Crippen LogP contribution < -0.4 is 5.32 Å². The molecule has 0 radical (unpaired) electrons. The van der Waals surface area contributed by atoms with Gasteiger partial charge in [-0.15, -0.1) is 6.42 Å². The van der Waals surface area contributed by atoms with Gasteiger partial charge in [0, 0.05) is 26.2 Å². The number of rotatable bonds is 3. The van der Waals surface area contributed by atoms with Crippen molar-refractivity contribution in [3.8, 4) is 12.3 Å². The normalized spacial score (nSPS) is 33.5. The minimum absolute atomic E-state index is 0.0387. The highest BCUT2D eigenvalue weighted by Gasteiger charge is 2.56. The average Bonchev–Trinajstić information content (AvgIpc) is 2.71. The molecule has 0 bridgehead atoms. The zero-order valence-electron chi connectivity index (χ0n) is 15.7. The predicted molar refractivity (Wildman–Crippen MR) is 96.6 cm³/mol. The highest BCUT2D eigenvalue weighted by atomic mass is 16.2. The first kappa shape index (κ1) is 18.2. The Hall–Kier alpha value is -1.58. The Kier molecular flexibility index (Phi) is 4.82. The molecule has 3 fully saturated rings. The molecule has 1 spiro atoms. The van der Waals surface area contributed by atoms with Gasteiger partial charge in [0.05, 0.1) is 13.2 Å². The van der Waals surface area contributed by atoms with Crippen molar-refractivity contribution in [2.75, 3.05) is 39.4 Å². The van der Waals surface area contributed by atoms with Crippen molar-refractivity contribution in [3.63, 3.8) is 0 Å². The number of terminal acetylenes is 1. The molecular formula is C19H30N4O2.